The van der Waals surface area contributed by atoms with Gasteiger partial charge in [0.1, 0.15) is 17.8 Å². The number of rotatable bonds is 5. The van der Waals surface area contributed by atoms with Gasteiger partial charge in [0.2, 0.25) is 0 Å². The predicted molar refractivity (Wildman–Crippen MR) is 71.4 cm³/mol. The fourth-order valence-electron chi connectivity index (χ4n) is 1.71. The molecule has 0 radical (unpaired) electrons. The molecule has 104 valence electrons. The fourth-order valence-corrected chi connectivity index (χ4v) is 1.71. The quantitative estimate of drug-likeness (QED) is 0.504. The van der Waals surface area contributed by atoms with Crippen LogP contribution in [0.1, 0.15) is 23.1 Å². The van der Waals surface area contributed by atoms with Gasteiger partial charge in [0.25, 0.3) is 5.69 Å². The Morgan fingerprint density at radius 1 is 1.50 bits per heavy atom. The third kappa shape index (κ3) is 2.79. The molecule has 8 nitrogen and oxygen atoms in total. The molecule has 0 bridgehead atoms. The first-order chi connectivity index (χ1) is 9.49. The molecule has 0 aliphatic heterocycles. The molecular weight excluding hydrogens is 262 g/mol. The largest absolute Gasteiger partial charge is 0.372 e. The number of benzene rings is 1. The molecule has 2 rings (SSSR count). The lowest BCUT2D eigenvalue weighted by Gasteiger charge is -2.07. The van der Waals surface area contributed by atoms with E-state index in [4.69, 9.17) is 0 Å². The monoisotopic (exact) mass is 275 g/mol. The van der Waals surface area contributed by atoms with E-state index in [1.807, 2.05) is 0 Å². The standard InChI is InChI=1S/C12H13N5O3/c1-8(18)9-3-4-10(11(5-9)17(19)20)13-6-12-14-7-15-16(12)2/h3-5,7,13H,6H2,1-2H3. The fraction of sp³-hybridized carbons (Fsp3) is 0.250. The van der Waals surface area contributed by atoms with Gasteiger partial charge in [0.15, 0.2) is 5.78 Å². The molecule has 0 amide bonds. The molecule has 0 aliphatic rings. The number of Topliss-reactive ketones (excluding diaryl/α,β-unsaturated/α-hetero) is 1. The molecule has 0 aliphatic carbocycles. The van der Waals surface area contributed by atoms with E-state index in [1.54, 1.807) is 17.8 Å². The number of hydrogen-bond acceptors (Lipinski definition) is 6. The van der Waals surface area contributed by atoms with E-state index in [9.17, 15) is 14.9 Å². The number of nitro benzene ring substituents is 1. The predicted octanol–water partition coefficient (Wildman–Crippen LogP) is 1.54. The first kappa shape index (κ1) is 13.7. The maximum absolute atomic E-state index is 11.3. The van der Waals surface area contributed by atoms with E-state index in [2.05, 4.69) is 15.4 Å². The van der Waals surface area contributed by atoms with Crippen LogP contribution in [-0.2, 0) is 13.6 Å². The smallest absolute Gasteiger partial charge is 0.293 e. The van der Waals surface area contributed by atoms with E-state index >= 15 is 0 Å². The Kier molecular flexibility index (Phi) is 3.74. The Hall–Kier alpha value is -2.77. The van der Waals surface area contributed by atoms with Gasteiger partial charge in [-0.3, -0.25) is 19.6 Å². The first-order valence-electron chi connectivity index (χ1n) is 5.85. The minimum atomic E-state index is -0.522. The minimum Gasteiger partial charge on any atom is -0.372 e. The Morgan fingerprint density at radius 2 is 2.25 bits per heavy atom. The van der Waals surface area contributed by atoms with Gasteiger partial charge in [-0.1, -0.05) is 0 Å². The summed E-state index contributed by atoms with van der Waals surface area (Å²) in [6.07, 6.45) is 1.41. The molecule has 1 heterocycles. The van der Waals surface area contributed by atoms with Gasteiger partial charge < -0.3 is 5.32 Å². The number of aryl methyl sites for hydroxylation is 1. The van der Waals surface area contributed by atoms with Crippen molar-refractivity contribution in [1.29, 1.82) is 0 Å². The maximum atomic E-state index is 11.3. The summed E-state index contributed by atoms with van der Waals surface area (Å²) in [4.78, 5) is 25.8. The van der Waals surface area contributed by atoms with Crippen molar-refractivity contribution in [3.63, 3.8) is 0 Å². The zero-order valence-electron chi connectivity index (χ0n) is 11.0. The summed E-state index contributed by atoms with van der Waals surface area (Å²) in [6, 6.07) is 4.33. The summed E-state index contributed by atoms with van der Waals surface area (Å²) in [5, 5.41) is 17.9. The van der Waals surface area contributed by atoms with Crippen molar-refractivity contribution in [2.24, 2.45) is 7.05 Å². The molecule has 0 saturated carbocycles. The molecule has 1 aromatic carbocycles. The van der Waals surface area contributed by atoms with Crippen LogP contribution in [0.3, 0.4) is 0 Å². The SMILES string of the molecule is CC(=O)c1ccc(NCc2ncnn2C)c([N+](=O)[O-])c1. The molecule has 0 saturated heterocycles. The van der Waals surface area contributed by atoms with Crippen LogP contribution in [-0.4, -0.2) is 25.5 Å². The second kappa shape index (κ2) is 5.47. The number of carbonyl (C=O) groups excluding carboxylic acids is 1. The average Bonchev–Trinajstić information content (AvgIpc) is 2.81. The van der Waals surface area contributed by atoms with E-state index in [1.165, 1.54) is 25.4 Å². The minimum absolute atomic E-state index is 0.139. The summed E-state index contributed by atoms with van der Waals surface area (Å²) in [5.74, 6) is 0.433. The van der Waals surface area contributed by atoms with Gasteiger partial charge in [-0.05, 0) is 19.1 Å². The van der Waals surface area contributed by atoms with Crippen LogP contribution in [0.5, 0.6) is 0 Å². The maximum Gasteiger partial charge on any atom is 0.293 e. The zero-order chi connectivity index (χ0) is 14.7. The lowest BCUT2D eigenvalue weighted by atomic mass is 10.1. The topological polar surface area (TPSA) is 103 Å². The second-order valence-electron chi connectivity index (χ2n) is 4.20. The lowest BCUT2D eigenvalue weighted by Crippen LogP contribution is -2.08. The highest BCUT2D eigenvalue weighted by atomic mass is 16.6. The number of nitrogens with zero attached hydrogens (tertiary/aromatic N) is 4. The summed E-state index contributed by atoms with van der Waals surface area (Å²) < 4.78 is 1.57. The molecule has 0 unspecified atom stereocenters. The van der Waals surface area contributed by atoms with Gasteiger partial charge >= 0.3 is 0 Å². The van der Waals surface area contributed by atoms with Crippen molar-refractivity contribution in [2.75, 3.05) is 5.32 Å². The van der Waals surface area contributed by atoms with Crippen LogP contribution in [0, 0.1) is 10.1 Å². The van der Waals surface area contributed by atoms with Crippen LogP contribution in [0.15, 0.2) is 24.5 Å². The Morgan fingerprint density at radius 3 is 2.80 bits per heavy atom. The molecule has 1 aromatic heterocycles. The lowest BCUT2D eigenvalue weighted by molar-refractivity contribution is -0.384. The second-order valence-corrected chi connectivity index (χ2v) is 4.20. The molecule has 20 heavy (non-hydrogen) atoms. The van der Waals surface area contributed by atoms with Crippen LogP contribution in [0.4, 0.5) is 11.4 Å². The molecule has 0 spiro atoms. The Balaban J connectivity index is 2.25. The first-order valence-corrected chi connectivity index (χ1v) is 5.85. The Bertz CT molecular complexity index is 665. The van der Waals surface area contributed by atoms with Crippen molar-refractivity contribution in [3.8, 4) is 0 Å². The number of nitro groups is 1. The molecular formula is C12H13N5O3. The van der Waals surface area contributed by atoms with Crippen LogP contribution in [0.2, 0.25) is 0 Å². The van der Waals surface area contributed by atoms with Crippen LogP contribution in [0.25, 0.3) is 0 Å². The normalized spacial score (nSPS) is 10.3. The number of anilines is 1. The molecule has 0 atom stereocenters. The van der Waals surface area contributed by atoms with Crippen molar-refractivity contribution in [3.05, 3.63) is 46.0 Å². The van der Waals surface area contributed by atoms with Gasteiger partial charge in [0, 0.05) is 18.7 Å². The number of nitrogens with one attached hydrogen (secondary N) is 1. The molecule has 2 aromatic rings. The van der Waals surface area contributed by atoms with E-state index in [-0.39, 0.29) is 11.5 Å². The number of carbonyl (C=O) groups is 1. The highest BCUT2D eigenvalue weighted by molar-refractivity contribution is 5.95. The van der Waals surface area contributed by atoms with Gasteiger partial charge in [-0.15, -0.1) is 0 Å². The van der Waals surface area contributed by atoms with Crippen molar-refractivity contribution >= 4 is 17.2 Å². The summed E-state index contributed by atoms with van der Waals surface area (Å²) in [7, 11) is 1.73. The summed E-state index contributed by atoms with van der Waals surface area (Å²) in [5.41, 5.74) is 0.503. The number of aromatic nitrogens is 3. The highest BCUT2D eigenvalue weighted by Crippen LogP contribution is 2.26. The number of hydrogen-bond donors (Lipinski definition) is 1. The number of ketones is 1. The van der Waals surface area contributed by atoms with Crippen molar-refractivity contribution in [1.82, 2.24) is 14.8 Å². The molecule has 1 N–H and O–H groups in total. The van der Waals surface area contributed by atoms with Crippen LogP contribution < -0.4 is 5.32 Å². The Labute approximate surface area is 114 Å². The molecule has 0 fully saturated rings. The zero-order valence-corrected chi connectivity index (χ0v) is 11.0. The van der Waals surface area contributed by atoms with Gasteiger partial charge in [-0.2, -0.15) is 5.10 Å². The van der Waals surface area contributed by atoms with Gasteiger partial charge in [0.05, 0.1) is 11.5 Å². The highest BCUT2D eigenvalue weighted by Gasteiger charge is 2.16. The molecule has 8 heteroatoms. The third-order valence-corrected chi connectivity index (χ3v) is 2.84. The van der Waals surface area contributed by atoms with E-state index in [0.717, 1.165) is 0 Å². The van der Waals surface area contributed by atoms with Gasteiger partial charge in [-0.25, -0.2) is 4.98 Å². The van der Waals surface area contributed by atoms with Crippen molar-refractivity contribution in [2.45, 2.75) is 13.5 Å². The van der Waals surface area contributed by atoms with E-state index < -0.39 is 4.92 Å². The van der Waals surface area contributed by atoms with E-state index in [0.29, 0.717) is 23.6 Å². The summed E-state index contributed by atoms with van der Waals surface area (Å²) in [6.45, 7) is 1.67. The summed E-state index contributed by atoms with van der Waals surface area (Å²) >= 11 is 0. The van der Waals surface area contributed by atoms with Crippen LogP contribution >= 0.6 is 0 Å². The van der Waals surface area contributed by atoms with Crippen molar-refractivity contribution < 1.29 is 9.72 Å². The third-order valence-electron chi connectivity index (χ3n) is 2.84. The average molecular weight is 275 g/mol.